The molecule has 0 spiro atoms. The van der Waals surface area contributed by atoms with E-state index in [1.165, 1.54) is 4.57 Å². The van der Waals surface area contributed by atoms with Crippen LogP contribution in [0, 0.1) is 13.8 Å². The molecule has 232 valence electrons. The van der Waals surface area contributed by atoms with Crippen molar-refractivity contribution < 1.29 is 37.3 Å². The SMILES string of the molecule is Cc1ccc(Cn2c(-c3ccc(Oc4ccc(NC(=O)OCCOCCO)cc4)cc3)cc(C(F)(F)F)c(N)c2=O)c(C)c1. The molecule has 9 nitrogen and oxygen atoms in total. The fourth-order valence-corrected chi connectivity index (χ4v) is 4.44. The molecule has 1 heterocycles. The highest BCUT2D eigenvalue weighted by molar-refractivity contribution is 5.84. The zero-order valence-corrected chi connectivity index (χ0v) is 24.1. The molecule has 0 aliphatic heterocycles. The van der Waals surface area contributed by atoms with Gasteiger partial charge in [0.05, 0.1) is 37.6 Å². The Morgan fingerprint density at radius 1 is 0.932 bits per heavy atom. The largest absolute Gasteiger partial charge is 0.457 e. The number of pyridine rings is 1. The van der Waals surface area contributed by atoms with E-state index in [4.69, 9.17) is 25.1 Å². The van der Waals surface area contributed by atoms with Gasteiger partial charge in [-0.15, -0.1) is 0 Å². The molecule has 3 aromatic carbocycles. The topological polar surface area (TPSA) is 125 Å². The first-order valence-corrected chi connectivity index (χ1v) is 13.6. The number of aryl methyl sites for hydroxylation is 2. The van der Waals surface area contributed by atoms with Crippen LogP contribution in [0.2, 0.25) is 0 Å². The van der Waals surface area contributed by atoms with Gasteiger partial charge in [-0.25, -0.2) is 4.79 Å². The van der Waals surface area contributed by atoms with Crippen LogP contribution in [0.25, 0.3) is 11.3 Å². The number of aromatic nitrogens is 1. The number of benzene rings is 3. The normalized spacial score (nSPS) is 11.3. The predicted octanol–water partition coefficient (Wildman–Crippen LogP) is 6.13. The van der Waals surface area contributed by atoms with Crippen molar-refractivity contribution in [3.63, 3.8) is 0 Å². The third-order valence-corrected chi connectivity index (χ3v) is 6.65. The second-order valence-corrected chi connectivity index (χ2v) is 9.92. The van der Waals surface area contributed by atoms with Gasteiger partial charge in [0.25, 0.3) is 5.56 Å². The Kier molecular flexibility index (Phi) is 10.3. The average molecular weight is 612 g/mol. The lowest BCUT2D eigenvalue weighted by atomic mass is 10.0. The van der Waals surface area contributed by atoms with E-state index in [-0.39, 0.29) is 38.7 Å². The fraction of sp³-hybridized carbons (Fsp3) is 0.250. The van der Waals surface area contributed by atoms with Crippen molar-refractivity contribution in [3.05, 3.63) is 105 Å². The van der Waals surface area contributed by atoms with E-state index in [2.05, 4.69) is 5.32 Å². The van der Waals surface area contributed by atoms with Crippen LogP contribution < -0.4 is 21.3 Å². The summed E-state index contributed by atoms with van der Waals surface area (Å²) in [7, 11) is 0. The summed E-state index contributed by atoms with van der Waals surface area (Å²) in [5, 5.41) is 11.2. The van der Waals surface area contributed by atoms with E-state index in [9.17, 15) is 22.8 Å². The Morgan fingerprint density at radius 3 is 2.20 bits per heavy atom. The molecule has 0 saturated carbocycles. The van der Waals surface area contributed by atoms with E-state index in [0.717, 1.165) is 22.8 Å². The lowest BCUT2D eigenvalue weighted by Gasteiger charge is -2.19. The minimum Gasteiger partial charge on any atom is -0.457 e. The number of carbonyl (C=O) groups excluding carboxylic acids is 1. The highest BCUT2D eigenvalue weighted by Gasteiger charge is 2.35. The number of rotatable bonds is 11. The lowest BCUT2D eigenvalue weighted by Crippen LogP contribution is -2.29. The van der Waals surface area contributed by atoms with E-state index in [0.29, 0.717) is 22.7 Å². The number of amides is 1. The van der Waals surface area contributed by atoms with Crippen LogP contribution in [0.1, 0.15) is 22.3 Å². The quantitative estimate of drug-likeness (QED) is 0.174. The van der Waals surface area contributed by atoms with Gasteiger partial charge in [-0.2, -0.15) is 13.2 Å². The minimum absolute atomic E-state index is 0.0264. The van der Waals surface area contributed by atoms with Gasteiger partial charge in [-0.3, -0.25) is 10.1 Å². The summed E-state index contributed by atoms with van der Waals surface area (Å²) in [5.41, 5.74) is 6.30. The number of aliphatic hydroxyl groups excluding tert-OH is 1. The molecule has 1 aromatic heterocycles. The molecule has 0 saturated heterocycles. The van der Waals surface area contributed by atoms with E-state index in [1.54, 1.807) is 48.5 Å². The van der Waals surface area contributed by atoms with Gasteiger partial charge in [0.15, 0.2) is 0 Å². The van der Waals surface area contributed by atoms with E-state index in [1.807, 2.05) is 32.0 Å². The number of anilines is 2. The molecule has 0 aliphatic rings. The third kappa shape index (κ3) is 8.17. The van der Waals surface area contributed by atoms with Gasteiger partial charge >= 0.3 is 12.3 Å². The molecule has 0 unspecified atom stereocenters. The molecule has 4 rings (SSSR count). The number of carbonyl (C=O) groups is 1. The highest BCUT2D eigenvalue weighted by Crippen LogP contribution is 2.35. The second-order valence-electron chi connectivity index (χ2n) is 9.92. The standard InChI is InChI=1S/C32H32F3N3O6/c1-20-3-4-23(21(2)17-20)19-38-28(18-27(32(33,34)35)29(36)30(38)40)22-5-9-25(10-6-22)44-26-11-7-24(8-12-26)37-31(41)43-16-15-42-14-13-39/h3-12,17-18,39H,13-16,19,36H2,1-2H3,(H,37,41). The summed E-state index contributed by atoms with van der Waals surface area (Å²) >= 11 is 0. The first-order valence-electron chi connectivity index (χ1n) is 13.6. The van der Waals surface area contributed by atoms with Gasteiger partial charge in [-0.1, -0.05) is 23.8 Å². The van der Waals surface area contributed by atoms with Crippen molar-refractivity contribution >= 4 is 17.5 Å². The molecule has 0 fully saturated rings. The summed E-state index contributed by atoms with van der Waals surface area (Å²) in [6.07, 6.45) is -5.49. The van der Waals surface area contributed by atoms with Gasteiger partial charge in [0, 0.05) is 5.69 Å². The second kappa shape index (κ2) is 14.1. The highest BCUT2D eigenvalue weighted by atomic mass is 19.4. The van der Waals surface area contributed by atoms with E-state index < -0.39 is 29.1 Å². The molecular weight excluding hydrogens is 579 g/mol. The molecule has 1 amide bonds. The van der Waals surface area contributed by atoms with Crippen LogP contribution in [0.3, 0.4) is 0 Å². The third-order valence-electron chi connectivity index (χ3n) is 6.65. The van der Waals surface area contributed by atoms with Crippen LogP contribution in [-0.4, -0.2) is 42.2 Å². The monoisotopic (exact) mass is 611 g/mol. The van der Waals surface area contributed by atoms with Crippen LogP contribution in [-0.2, 0) is 22.2 Å². The van der Waals surface area contributed by atoms with Gasteiger partial charge in [0.1, 0.15) is 23.8 Å². The summed E-state index contributed by atoms with van der Waals surface area (Å²) in [5.74, 6) is 0.833. The maximum absolute atomic E-state index is 13.8. The van der Waals surface area contributed by atoms with E-state index >= 15 is 0 Å². The number of nitrogens with zero attached hydrogens (tertiary/aromatic N) is 1. The van der Waals surface area contributed by atoms with Crippen LogP contribution >= 0.6 is 0 Å². The number of hydrogen-bond donors (Lipinski definition) is 3. The molecular formula is C32H32F3N3O6. The minimum atomic E-state index is -4.81. The summed E-state index contributed by atoms with van der Waals surface area (Å²) in [6, 6.07) is 19.3. The predicted molar refractivity (Wildman–Crippen MR) is 160 cm³/mol. The lowest BCUT2D eigenvalue weighted by molar-refractivity contribution is -0.137. The van der Waals surface area contributed by atoms with Crippen molar-refractivity contribution in [2.24, 2.45) is 0 Å². The van der Waals surface area contributed by atoms with Crippen molar-refractivity contribution in [1.82, 2.24) is 4.57 Å². The fourth-order valence-electron chi connectivity index (χ4n) is 4.44. The average Bonchev–Trinajstić information content (AvgIpc) is 2.97. The van der Waals surface area contributed by atoms with Crippen LogP contribution in [0.4, 0.5) is 29.3 Å². The zero-order chi connectivity index (χ0) is 31.9. The van der Waals surface area contributed by atoms with Gasteiger partial charge in [0.2, 0.25) is 0 Å². The molecule has 0 atom stereocenters. The smallest absolute Gasteiger partial charge is 0.418 e. The molecule has 0 radical (unpaired) electrons. The Labute approximate surface area is 251 Å². The molecule has 4 N–H and O–H groups in total. The van der Waals surface area contributed by atoms with Crippen molar-refractivity contribution in [3.8, 4) is 22.8 Å². The first kappa shape index (κ1) is 32.1. The molecule has 0 aliphatic carbocycles. The first-order chi connectivity index (χ1) is 21.0. The molecule has 0 bridgehead atoms. The summed E-state index contributed by atoms with van der Waals surface area (Å²) in [6.45, 7) is 4.06. The Hall–Kier alpha value is -4.81. The molecule has 44 heavy (non-hydrogen) atoms. The molecule has 12 heteroatoms. The van der Waals surface area contributed by atoms with Crippen LogP contribution in [0.15, 0.2) is 77.6 Å². The van der Waals surface area contributed by atoms with Crippen molar-refractivity contribution in [1.29, 1.82) is 0 Å². The van der Waals surface area contributed by atoms with Gasteiger partial charge < -0.3 is 29.6 Å². The van der Waals surface area contributed by atoms with Crippen molar-refractivity contribution in [2.75, 3.05) is 37.5 Å². The number of nitrogens with two attached hydrogens (primary N) is 1. The number of halogens is 3. The summed E-state index contributed by atoms with van der Waals surface area (Å²) < 4.78 is 58.5. The molecule has 4 aromatic rings. The maximum Gasteiger partial charge on any atom is 0.418 e. The maximum atomic E-state index is 13.8. The number of alkyl halides is 3. The number of hydrogen-bond acceptors (Lipinski definition) is 7. The van der Waals surface area contributed by atoms with Crippen LogP contribution in [0.5, 0.6) is 11.5 Å². The Morgan fingerprint density at radius 2 is 1.59 bits per heavy atom. The summed E-state index contributed by atoms with van der Waals surface area (Å²) in [4.78, 5) is 25.1. The number of aliphatic hydroxyl groups is 1. The number of nitrogen functional groups attached to an aromatic ring is 1. The Balaban J connectivity index is 1.52. The Bertz CT molecular complexity index is 1650. The van der Waals surface area contributed by atoms with Gasteiger partial charge in [-0.05, 0) is 85.1 Å². The zero-order valence-electron chi connectivity index (χ0n) is 24.1. The van der Waals surface area contributed by atoms with Crippen molar-refractivity contribution in [2.45, 2.75) is 26.6 Å². The number of nitrogens with one attached hydrogen (secondary N) is 1. The number of ether oxygens (including phenoxy) is 3.